The Hall–Kier alpha value is -2.04. The number of hydrogen-bond acceptors (Lipinski definition) is 5. The van der Waals surface area contributed by atoms with E-state index in [1.54, 1.807) is 7.11 Å². The van der Waals surface area contributed by atoms with Gasteiger partial charge in [0.05, 0.1) is 14.2 Å². The molecule has 1 aromatic rings. The summed E-state index contributed by atoms with van der Waals surface area (Å²) >= 11 is 0. The molecule has 17 heavy (non-hydrogen) atoms. The number of hydrogen-bond donors (Lipinski definition) is 0. The van der Waals surface area contributed by atoms with Gasteiger partial charge in [0.2, 0.25) is 5.90 Å². The van der Waals surface area contributed by atoms with Crippen LogP contribution in [0.15, 0.2) is 29.3 Å². The quantitative estimate of drug-likeness (QED) is 0.734. The molecule has 0 aromatic heterocycles. The molecule has 1 aliphatic rings. The second-order valence-electron chi connectivity index (χ2n) is 3.51. The second-order valence-corrected chi connectivity index (χ2v) is 3.51. The summed E-state index contributed by atoms with van der Waals surface area (Å²) in [6.07, 6.45) is 0. The molecule has 1 aliphatic heterocycles. The fourth-order valence-corrected chi connectivity index (χ4v) is 1.52. The van der Waals surface area contributed by atoms with Crippen LogP contribution in [-0.2, 0) is 14.3 Å². The first kappa shape index (κ1) is 11.4. The molecule has 5 heteroatoms. The molecule has 0 saturated carbocycles. The van der Waals surface area contributed by atoms with Crippen LogP contribution in [0.5, 0.6) is 5.75 Å². The Morgan fingerprint density at radius 2 is 2.06 bits per heavy atom. The van der Waals surface area contributed by atoms with Crippen LogP contribution in [0.4, 0.5) is 0 Å². The highest BCUT2D eigenvalue weighted by atomic mass is 16.5. The largest absolute Gasteiger partial charge is 0.497 e. The number of rotatable bonds is 3. The molecule has 0 radical (unpaired) electrons. The number of esters is 1. The zero-order chi connectivity index (χ0) is 12.3. The lowest BCUT2D eigenvalue weighted by atomic mass is 10.2. The van der Waals surface area contributed by atoms with Gasteiger partial charge in [-0.2, -0.15) is 0 Å². The third kappa shape index (κ3) is 2.38. The zero-order valence-corrected chi connectivity index (χ0v) is 9.67. The lowest BCUT2D eigenvalue weighted by Gasteiger charge is -2.02. The topological polar surface area (TPSA) is 57.1 Å². The van der Waals surface area contributed by atoms with Gasteiger partial charge in [0.1, 0.15) is 12.4 Å². The smallest absolute Gasteiger partial charge is 0.334 e. The van der Waals surface area contributed by atoms with Gasteiger partial charge < -0.3 is 14.2 Å². The minimum atomic E-state index is -0.558. The van der Waals surface area contributed by atoms with Gasteiger partial charge >= 0.3 is 5.97 Å². The molecule has 0 N–H and O–H groups in total. The first-order valence-corrected chi connectivity index (χ1v) is 5.17. The summed E-state index contributed by atoms with van der Waals surface area (Å²) in [5, 5.41) is 0. The van der Waals surface area contributed by atoms with Gasteiger partial charge in [0, 0.05) is 5.56 Å². The van der Waals surface area contributed by atoms with Crippen molar-refractivity contribution in [2.45, 2.75) is 6.04 Å². The Bertz CT molecular complexity index is 438. The van der Waals surface area contributed by atoms with E-state index in [4.69, 9.17) is 9.47 Å². The van der Waals surface area contributed by atoms with Crippen LogP contribution in [0.25, 0.3) is 0 Å². The molecule has 0 saturated heterocycles. The van der Waals surface area contributed by atoms with Crippen LogP contribution < -0.4 is 4.74 Å². The Balaban J connectivity index is 2.15. The van der Waals surface area contributed by atoms with E-state index in [2.05, 4.69) is 9.73 Å². The third-order valence-corrected chi connectivity index (χ3v) is 2.46. The van der Waals surface area contributed by atoms with Crippen LogP contribution >= 0.6 is 0 Å². The van der Waals surface area contributed by atoms with Crippen molar-refractivity contribution in [3.8, 4) is 5.75 Å². The normalized spacial score (nSPS) is 18.2. The summed E-state index contributed by atoms with van der Waals surface area (Å²) in [6, 6.07) is 6.73. The molecule has 1 unspecified atom stereocenters. The van der Waals surface area contributed by atoms with Gasteiger partial charge in [-0.25, -0.2) is 9.79 Å². The van der Waals surface area contributed by atoms with Crippen molar-refractivity contribution in [3.05, 3.63) is 29.8 Å². The molecule has 2 rings (SSSR count). The first-order chi connectivity index (χ1) is 8.24. The number of ether oxygens (including phenoxy) is 3. The number of aliphatic imine (C=N–C) groups is 1. The lowest BCUT2D eigenvalue weighted by molar-refractivity contribution is -0.142. The van der Waals surface area contributed by atoms with Crippen LogP contribution in [0.1, 0.15) is 5.56 Å². The van der Waals surface area contributed by atoms with E-state index in [1.165, 1.54) is 7.11 Å². The Labute approximate surface area is 99.0 Å². The molecular weight excluding hydrogens is 222 g/mol. The lowest BCUT2D eigenvalue weighted by Crippen LogP contribution is -2.21. The van der Waals surface area contributed by atoms with Crippen LogP contribution in [0, 0.1) is 0 Å². The number of carbonyl (C=O) groups excluding carboxylic acids is 1. The summed E-state index contributed by atoms with van der Waals surface area (Å²) in [5.74, 6) is 0.841. The summed E-state index contributed by atoms with van der Waals surface area (Å²) in [6.45, 7) is 0.230. The van der Waals surface area contributed by atoms with Crippen molar-refractivity contribution in [1.29, 1.82) is 0 Å². The summed E-state index contributed by atoms with van der Waals surface area (Å²) < 4.78 is 15.0. The molecule has 5 nitrogen and oxygen atoms in total. The van der Waals surface area contributed by atoms with E-state index in [0.29, 0.717) is 5.90 Å². The summed E-state index contributed by atoms with van der Waals surface area (Å²) in [5.41, 5.74) is 0.817. The summed E-state index contributed by atoms with van der Waals surface area (Å²) in [7, 11) is 2.94. The maximum Gasteiger partial charge on any atom is 0.334 e. The van der Waals surface area contributed by atoms with Crippen molar-refractivity contribution < 1.29 is 19.0 Å². The predicted octanol–water partition coefficient (Wildman–Crippen LogP) is 1.01. The Kier molecular flexibility index (Phi) is 3.27. The Morgan fingerprint density at radius 3 is 2.65 bits per heavy atom. The maximum atomic E-state index is 11.3. The van der Waals surface area contributed by atoms with Crippen LogP contribution in [0.2, 0.25) is 0 Å². The third-order valence-electron chi connectivity index (χ3n) is 2.46. The highest BCUT2D eigenvalue weighted by Crippen LogP contribution is 2.16. The van der Waals surface area contributed by atoms with E-state index >= 15 is 0 Å². The summed E-state index contributed by atoms with van der Waals surface area (Å²) in [4.78, 5) is 15.4. The van der Waals surface area contributed by atoms with Crippen molar-refractivity contribution in [2.75, 3.05) is 20.8 Å². The van der Waals surface area contributed by atoms with Crippen molar-refractivity contribution in [2.24, 2.45) is 4.99 Å². The maximum absolute atomic E-state index is 11.3. The van der Waals surface area contributed by atoms with E-state index in [1.807, 2.05) is 24.3 Å². The fourth-order valence-electron chi connectivity index (χ4n) is 1.52. The number of methoxy groups -OCH3 is 2. The van der Waals surface area contributed by atoms with E-state index < -0.39 is 6.04 Å². The number of benzene rings is 1. The molecule has 0 amide bonds. The van der Waals surface area contributed by atoms with Gasteiger partial charge in [-0.3, -0.25) is 0 Å². The molecule has 1 atom stereocenters. The van der Waals surface area contributed by atoms with E-state index in [9.17, 15) is 4.79 Å². The molecule has 1 heterocycles. The minimum Gasteiger partial charge on any atom is -0.497 e. The predicted molar refractivity (Wildman–Crippen MR) is 61.3 cm³/mol. The molecule has 0 fully saturated rings. The standard InChI is InChI=1S/C12H13NO4/c1-15-9-5-3-8(4-6-9)11-13-10(7-17-11)12(14)16-2/h3-6,10H,7H2,1-2H3. The zero-order valence-electron chi connectivity index (χ0n) is 9.67. The number of nitrogens with zero attached hydrogens (tertiary/aromatic N) is 1. The average molecular weight is 235 g/mol. The van der Waals surface area contributed by atoms with E-state index in [0.717, 1.165) is 11.3 Å². The monoisotopic (exact) mass is 235 g/mol. The highest BCUT2D eigenvalue weighted by Gasteiger charge is 2.27. The van der Waals surface area contributed by atoms with Crippen molar-refractivity contribution in [1.82, 2.24) is 0 Å². The number of carbonyl (C=O) groups is 1. The van der Waals surface area contributed by atoms with Crippen molar-refractivity contribution in [3.63, 3.8) is 0 Å². The van der Waals surface area contributed by atoms with Crippen LogP contribution in [0.3, 0.4) is 0 Å². The van der Waals surface area contributed by atoms with Gasteiger partial charge in [0.15, 0.2) is 6.04 Å². The molecule has 0 bridgehead atoms. The minimum absolute atomic E-state index is 0.230. The molecule has 0 aliphatic carbocycles. The first-order valence-electron chi connectivity index (χ1n) is 5.17. The van der Waals surface area contributed by atoms with Crippen LogP contribution in [-0.4, -0.2) is 38.7 Å². The highest BCUT2D eigenvalue weighted by molar-refractivity contribution is 5.97. The molecular formula is C12H13NO4. The van der Waals surface area contributed by atoms with Gasteiger partial charge in [-0.15, -0.1) is 0 Å². The second kappa shape index (κ2) is 4.86. The SMILES string of the molecule is COC(=O)C1COC(c2ccc(OC)cc2)=N1. The average Bonchev–Trinajstić information content (AvgIpc) is 2.87. The Morgan fingerprint density at radius 1 is 1.35 bits per heavy atom. The van der Waals surface area contributed by atoms with E-state index in [-0.39, 0.29) is 12.6 Å². The molecule has 90 valence electrons. The fraction of sp³-hybridized carbons (Fsp3) is 0.333. The van der Waals surface area contributed by atoms with Gasteiger partial charge in [-0.1, -0.05) is 0 Å². The van der Waals surface area contributed by atoms with Crippen molar-refractivity contribution >= 4 is 11.9 Å². The molecule has 0 spiro atoms. The van der Waals surface area contributed by atoms with Gasteiger partial charge in [-0.05, 0) is 24.3 Å². The molecule has 1 aromatic carbocycles. The van der Waals surface area contributed by atoms with Gasteiger partial charge in [0.25, 0.3) is 0 Å².